The molecular formula is C15H17BrN4O. The van der Waals surface area contributed by atoms with Crippen molar-refractivity contribution in [3.63, 3.8) is 0 Å². The van der Waals surface area contributed by atoms with E-state index in [1.54, 1.807) is 11.0 Å². The van der Waals surface area contributed by atoms with Crippen LogP contribution in [0, 0.1) is 0 Å². The van der Waals surface area contributed by atoms with Gasteiger partial charge in [-0.1, -0.05) is 28.1 Å². The van der Waals surface area contributed by atoms with Crippen molar-refractivity contribution < 1.29 is 4.79 Å². The maximum absolute atomic E-state index is 12.7. The van der Waals surface area contributed by atoms with Gasteiger partial charge in [0.25, 0.3) is 0 Å². The van der Waals surface area contributed by atoms with Crippen molar-refractivity contribution in [2.24, 2.45) is 0 Å². The van der Waals surface area contributed by atoms with Gasteiger partial charge in [-0.05, 0) is 37.5 Å². The third-order valence-corrected chi connectivity index (χ3v) is 4.45. The van der Waals surface area contributed by atoms with Gasteiger partial charge in [-0.25, -0.2) is 9.67 Å². The largest absolute Gasteiger partial charge is 0.334 e. The van der Waals surface area contributed by atoms with Crippen molar-refractivity contribution >= 4 is 21.8 Å². The number of carbonyl (C=O) groups is 1. The fourth-order valence-corrected chi connectivity index (χ4v) is 3.28. The summed E-state index contributed by atoms with van der Waals surface area (Å²) < 4.78 is 2.65. The molecule has 5 nitrogen and oxygen atoms in total. The standard InChI is InChI=1S/C15H17BrN4O/c1-11(20-10-17-9-18-20)15(21)19-7-3-6-14(19)12-4-2-5-13(16)8-12/h2,4-5,8-11,14H,3,6-7H2,1H3/t11-,14+/m0/s1. The van der Waals surface area contributed by atoms with E-state index in [4.69, 9.17) is 0 Å². The van der Waals surface area contributed by atoms with Crippen molar-refractivity contribution in [1.29, 1.82) is 0 Å². The summed E-state index contributed by atoms with van der Waals surface area (Å²) in [6.45, 7) is 2.67. The lowest BCUT2D eigenvalue weighted by Crippen LogP contribution is -2.36. The van der Waals surface area contributed by atoms with E-state index in [9.17, 15) is 4.79 Å². The predicted octanol–water partition coefficient (Wildman–Crippen LogP) is 2.97. The molecule has 2 heterocycles. The molecule has 1 aromatic carbocycles. The third-order valence-electron chi connectivity index (χ3n) is 3.96. The highest BCUT2D eigenvalue weighted by molar-refractivity contribution is 9.10. The van der Waals surface area contributed by atoms with Gasteiger partial charge in [-0.15, -0.1) is 0 Å². The van der Waals surface area contributed by atoms with Crippen LogP contribution in [0.2, 0.25) is 0 Å². The molecule has 110 valence electrons. The molecule has 6 heteroatoms. The molecular weight excluding hydrogens is 332 g/mol. The number of rotatable bonds is 3. The highest BCUT2D eigenvalue weighted by atomic mass is 79.9. The number of halogens is 1. The Kier molecular flexibility index (Phi) is 4.05. The second kappa shape index (κ2) is 5.97. The van der Waals surface area contributed by atoms with Gasteiger partial charge in [0, 0.05) is 11.0 Å². The Balaban J connectivity index is 1.82. The predicted molar refractivity (Wildman–Crippen MR) is 82.6 cm³/mol. The van der Waals surface area contributed by atoms with E-state index in [0.29, 0.717) is 0 Å². The second-order valence-electron chi connectivity index (χ2n) is 5.30. The average molecular weight is 349 g/mol. The third kappa shape index (κ3) is 2.85. The maximum atomic E-state index is 12.7. The molecule has 2 atom stereocenters. The van der Waals surface area contributed by atoms with Gasteiger partial charge in [-0.3, -0.25) is 4.79 Å². The number of likely N-dealkylation sites (tertiary alicyclic amines) is 1. The van der Waals surface area contributed by atoms with Crippen LogP contribution >= 0.6 is 15.9 Å². The summed E-state index contributed by atoms with van der Waals surface area (Å²) >= 11 is 3.50. The van der Waals surface area contributed by atoms with E-state index in [2.05, 4.69) is 38.1 Å². The highest BCUT2D eigenvalue weighted by Crippen LogP contribution is 2.34. The Morgan fingerprint density at radius 2 is 2.33 bits per heavy atom. The Morgan fingerprint density at radius 1 is 1.48 bits per heavy atom. The molecule has 1 amide bonds. The van der Waals surface area contributed by atoms with Crippen molar-refractivity contribution in [3.05, 3.63) is 47.0 Å². The summed E-state index contributed by atoms with van der Waals surface area (Å²) in [5.41, 5.74) is 1.18. The molecule has 1 aromatic heterocycles. The quantitative estimate of drug-likeness (QED) is 0.856. The van der Waals surface area contributed by atoms with Gasteiger partial charge in [0.15, 0.2) is 0 Å². The van der Waals surface area contributed by atoms with E-state index in [-0.39, 0.29) is 18.0 Å². The summed E-state index contributed by atoms with van der Waals surface area (Å²) in [7, 11) is 0. The fraction of sp³-hybridized carbons (Fsp3) is 0.400. The molecule has 0 radical (unpaired) electrons. The van der Waals surface area contributed by atoms with E-state index >= 15 is 0 Å². The van der Waals surface area contributed by atoms with E-state index in [0.717, 1.165) is 23.9 Å². The monoisotopic (exact) mass is 348 g/mol. The summed E-state index contributed by atoms with van der Waals surface area (Å²) in [6, 6.07) is 8.03. The first-order chi connectivity index (χ1) is 10.2. The number of benzene rings is 1. The zero-order valence-electron chi connectivity index (χ0n) is 11.8. The zero-order valence-corrected chi connectivity index (χ0v) is 13.4. The lowest BCUT2D eigenvalue weighted by Gasteiger charge is -2.28. The molecule has 0 aliphatic carbocycles. The van der Waals surface area contributed by atoms with Gasteiger partial charge in [0.05, 0.1) is 6.04 Å². The molecule has 0 unspecified atom stereocenters. The Labute approximate surface area is 132 Å². The lowest BCUT2D eigenvalue weighted by molar-refractivity contribution is -0.135. The van der Waals surface area contributed by atoms with Crippen molar-refractivity contribution in [2.75, 3.05) is 6.54 Å². The first kappa shape index (κ1) is 14.3. The first-order valence-electron chi connectivity index (χ1n) is 7.07. The Morgan fingerprint density at radius 3 is 3.05 bits per heavy atom. The number of amides is 1. The van der Waals surface area contributed by atoms with Gasteiger partial charge in [0.1, 0.15) is 18.7 Å². The number of carbonyl (C=O) groups excluding carboxylic acids is 1. The number of hydrogen-bond donors (Lipinski definition) is 0. The number of nitrogens with zero attached hydrogens (tertiary/aromatic N) is 4. The topological polar surface area (TPSA) is 51.0 Å². The zero-order chi connectivity index (χ0) is 14.8. The minimum atomic E-state index is -0.319. The van der Waals surface area contributed by atoms with Gasteiger partial charge in [-0.2, -0.15) is 5.10 Å². The Hall–Kier alpha value is -1.69. The molecule has 2 aromatic rings. The van der Waals surface area contributed by atoms with Gasteiger partial charge < -0.3 is 4.90 Å². The number of aromatic nitrogens is 3. The molecule has 0 saturated carbocycles. The van der Waals surface area contributed by atoms with Gasteiger partial charge >= 0.3 is 0 Å². The van der Waals surface area contributed by atoms with Crippen LogP contribution in [0.25, 0.3) is 0 Å². The number of hydrogen-bond acceptors (Lipinski definition) is 3. The van der Waals surface area contributed by atoms with Crippen molar-refractivity contribution in [2.45, 2.75) is 31.8 Å². The van der Waals surface area contributed by atoms with Crippen LogP contribution in [0.5, 0.6) is 0 Å². The molecule has 1 aliphatic heterocycles. The van der Waals surface area contributed by atoms with Crippen LogP contribution in [0.15, 0.2) is 41.4 Å². The van der Waals surface area contributed by atoms with E-state index < -0.39 is 0 Å². The molecule has 0 N–H and O–H groups in total. The molecule has 1 saturated heterocycles. The lowest BCUT2D eigenvalue weighted by atomic mass is 10.0. The fourth-order valence-electron chi connectivity index (χ4n) is 2.86. The van der Waals surface area contributed by atoms with E-state index in [1.165, 1.54) is 11.9 Å². The minimum Gasteiger partial charge on any atom is -0.334 e. The van der Waals surface area contributed by atoms with Crippen LogP contribution in [-0.4, -0.2) is 32.1 Å². The molecule has 0 spiro atoms. The van der Waals surface area contributed by atoms with Crippen LogP contribution < -0.4 is 0 Å². The van der Waals surface area contributed by atoms with Crippen molar-refractivity contribution in [1.82, 2.24) is 19.7 Å². The van der Waals surface area contributed by atoms with Crippen molar-refractivity contribution in [3.8, 4) is 0 Å². The molecule has 1 fully saturated rings. The van der Waals surface area contributed by atoms with Crippen LogP contribution in [0.3, 0.4) is 0 Å². The van der Waals surface area contributed by atoms with Crippen LogP contribution in [0.4, 0.5) is 0 Å². The molecule has 0 bridgehead atoms. The summed E-state index contributed by atoms with van der Waals surface area (Å²) in [5, 5.41) is 4.07. The second-order valence-corrected chi connectivity index (χ2v) is 6.21. The highest BCUT2D eigenvalue weighted by Gasteiger charge is 2.33. The Bertz CT molecular complexity index is 628. The minimum absolute atomic E-state index is 0.1000. The smallest absolute Gasteiger partial charge is 0.247 e. The maximum Gasteiger partial charge on any atom is 0.247 e. The first-order valence-corrected chi connectivity index (χ1v) is 7.86. The summed E-state index contributed by atoms with van der Waals surface area (Å²) in [6.07, 6.45) is 5.09. The van der Waals surface area contributed by atoms with Crippen LogP contribution in [-0.2, 0) is 4.79 Å². The van der Waals surface area contributed by atoms with E-state index in [1.807, 2.05) is 24.0 Å². The summed E-state index contributed by atoms with van der Waals surface area (Å²) in [4.78, 5) is 18.6. The molecule has 3 rings (SSSR count). The SMILES string of the molecule is C[C@@H](C(=O)N1CCC[C@@H]1c1cccc(Br)c1)n1cncn1. The molecule has 1 aliphatic rings. The average Bonchev–Trinajstić information content (AvgIpc) is 3.16. The van der Waals surface area contributed by atoms with Gasteiger partial charge in [0.2, 0.25) is 5.91 Å². The molecule has 21 heavy (non-hydrogen) atoms. The van der Waals surface area contributed by atoms with Crippen LogP contribution in [0.1, 0.15) is 37.4 Å². The summed E-state index contributed by atoms with van der Waals surface area (Å²) in [5.74, 6) is 0.1000. The normalized spacial score (nSPS) is 19.7.